The molecule has 0 aromatic heterocycles. The van der Waals surface area contributed by atoms with Gasteiger partial charge in [0.2, 0.25) is 5.91 Å². The standard InChI is InChI=1S/C16H17BrN2O2/c1-19(10-11-4-2-7-14(20)8-11)15(16(18)21)12-5-3-6-13(17)9-12/h2-9,15,20H,10H2,1H3,(H2,18,21)/t15-/m0/s1. The zero-order valence-corrected chi connectivity index (χ0v) is 13.2. The average molecular weight is 349 g/mol. The van der Waals surface area contributed by atoms with E-state index in [0.717, 1.165) is 15.6 Å². The summed E-state index contributed by atoms with van der Waals surface area (Å²) in [6.45, 7) is 0.508. The lowest BCUT2D eigenvalue weighted by Gasteiger charge is -2.26. The number of aromatic hydroxyl groups is 1. The first kappa shape index (κ1) is 15.5. The molecule has 0 aliphatic rings. The van der Waals surface area contributed by atoms with E-state index < -0.39 is 11.9 Å². The Kier molecular flexibility index (Phi) is 4.98. The highest BCUT2D eigenvalue weighted by atomic mass is 79.9. The molecule has 0 fully saturated rings. The predicted molar refractivity (Wildman–Crippen MR) is 85.7 cm³/mol. The van der Waals surface area contributed by atoms with Crippen molar-refractivity contribution in [2.75, 3.05) is 7.05 Å². The Bertz CT molecular complexity index is 646. The van der Waals surface area contributed by atoms with Crippen LogP contribution in [0, 0.1) is 0 Å². The second-order valence-electron chi connectivity index (χ2n) is 4.94. The number of carbonyl (C=O) groups is 1. The van der Waals surface area contributed by atoms with Gasteiger partial charge in [-0.3, -0.25) is 9.69 Å². The molecule has 0 aliphatic carbocycles. The van der Waals surface area contributed by atoms with E-state index >= 15 is 0 Å². The summed E-state index contributed by atoms with van der Waals surface area (Å²) in [5.74, 6) is -0.199. The summed E-state index contributed by atoms with van der Waals surface area (Å²) in [6, 6.07) is 14.0. The van der Waals surface area contributed by atoms with Gasteiger partial charge in [-0.25, -0.2) is 0 Å². The highest BCUT2D eigenvalue weighted by Gasteiger charge is 2.23. The molecular formula is C16H17BrN2O2. The molecule has 5 heteroatoms. The topological polar surface area (TPSA) is 66.6 Å². The summed E-state index contributed by atoms with van der Waals surface area (Å²) >= 11 is 3.40. The average Bonchev–Trinajstić information content (AvgIpc) is 2.38. The van der Waals surface area contributed by atoms with Crippen molar-refractivity contribution in [3.05, 3.63) is 64.1 Å². The number of rotatable bonds is 5. The number of halogens is 1. The number of benzene rings is 2. The Morgan fingerprint density at radius 1 is 1.29 bits per heavy atom. The molecule has 0 spiro atoms. The number of hydrogen-bond donors (Lipinski definition) is 2. The molecular weight excluding hydrogens is 332 g/mol. The molecule has 21 heavy (non-hydrogen) atoms. The van der Waals surface area contributed by atoms with Crippen LogP contribution < -0.4 is 5.73 Å². The lowest BCUT2D eigenvalue weighted by Crippen LogP contribution is -2.35. The summed E-state index contributed by atoms with van der Waals surface area (Å²) in [7, 11) is 1.83. The van der Waals surface area contributed by atoms with Crippen LogP contribution in [-0.2, 0) is 11.3 Å². The minimum absolute atomic E-state index is 0.207. The van der Waals surface area contributed by atoms with E-state index in [4.69, 9.17) is 5.73 Å². The first-order valence-electron chi connectivity index (χ1n) is 6.50. The number of carbonyl (C=O) groups excluding carboxylic acids is 1. The first-order chi connectivity index (χ1) is 9.97. The van der Waals surface area contributed by atoms with E-state index in [2.05, 4.69) is 15.9 Å². The fourth-order valence-corrected chi connectivity index (χ4v) is 2.76. The molecule has 0 unspecified atom stereocenters. The van der Waals surface area contributed by atoms with Gasteiger partial charge in [0, 0.05) is 11.0 Å². The highest BCUT2D eigenvalue weighted by molar-refractivity contribution is 9.10. The number of likely N-dealkylation sites (N-methyl/N-ethyl adjacent to an activating group) is 1. The molecule has 2 rings (SSSR count). The van der Waals surface area contributed by atoms with Crippen molar-refractivity contribution in [2.24, 2.45) is 5.73 Å². The summed E-state index contributed by atoms with van der Waals surface area (Å²) < 4.78 is 0.900. The van der Waals surface area contributed by atoms with Crippen molar-refractivity contribution in [2.45, 2.75) is 12.6 Å². The number of primary amides is 1. The smallest absolute Gasteiger partial charge is 0.239 e. The molecule has 1 amide bonds. The molecule has 1 atom stereocenters. The molecule has 0 bridgehead atoms. The molecule has 110 valence electrons. The maximum atomic E-state index is 11.8. The van der Waals surface area contributed by atoms with Crippen molar-refractivity contribution < 1.29 is 9.90 Å². The van der Waals surface area contributed by atoms with Crippen molar-refractivity contribution in [3.63, 3.8) is 0 Å². The molecule has 0 saturated heterocycles. The summed E-state index contributed by atoms with van der Waals surface area (Å²) in [5.41, 5.74) is 7.31. The van der Waals surface area contributed by atoms with Gasteiger partial charge < -0.3 is 10.8 Å². The van der Waals surface area contributed by atoms with E-state index in [1.54, 1.807) is 18.2 Å². The van der Waals surface area contributed by atoms with Gasteiger partial charge >= 0.3 is 0 Å². The van der Waals surface area contributed by atoms with Gasteiger partial charge in [-0.2, -0.15) is 0 Å². The number of nitrogens with two attached hydrogens (primary N) is 1. The third-order valence-corrected chi connectivity index (χ3v) is 3.71. The monoisotopic (exact) mass is 348 g/mol. The van der Waals surface area contributed by atoms with Crippen LogP contribution in [0.2, 0.25) is 0 Å². The van der Waals surface area contributed by atoms with Crippen LogP contribution in [0.1, 0.15) is 17.2 Å². The Labute approximate surface area is 132 Å². The van der Waals surface area contributed by atoms with Crippen LogP contribution >= 0.6 is 15.9 Å². The molecule has 4 nitrogen and oxygen atoms in total. The predicted octanol–water partition coefficient (Wildman–Crippen LogP) is 2.81. The SMILES string of the molecule is CN(Cc1cccc(O)c1)[C@H](C(N)=O)c1cccc(Br)c1. The van der Waals surface area contributed by atoms with Crippen molar-refractivity contribution in [3.8, 4) is 5.75 Å². The minimum Gasteiger partial charge on any atom is -0.508 e. The third kappa shape index (κ3) is 4.06. The minimum atomic E-state index is -0.523. The summed E-state index contributed by atoms with van der Waals surface area (Å²) in [4.78, 5) is 13.7. The highest BCUT2D eigenvalue weighted by Crippen LogP contribution is 2.24. The maximum absolute atomic E-state index is 11.8. The number of amides is 1. The maximum Gasteiger partial charge on any atom is 0.239 e. The summed E-state index contributed by atoms with van der Waals surface area (Å²) in [6.07, 6.45) is 0. The molecule has 2 aromatic carbocycles. The van der Waals surface area contributed by atoms with E-state index in [1.807, 2.05) is 42.3 Å². The largest absolute Gasteiger partial charge is 0.508 e. The quantitative estimate of drug-likeness (QED) is 0.872. The van der Waals surface area contributed by atoms with Crippen LogP contribution in [0.3, 0.4) is 0 Å². The van der Waals surface area contributed by atoms with Gasteiger partial charge in [0.25, 0.3) is 0 Å². The van der Waals surface area contributed by atoms with Crippen LogP contribution in [0.15, 0.2) is 53.0 Å². The van der Waals surface area contributed by atoms with Crippen molar-refractivity contribution in [1.82, 2.24) is 4.90 Å². The van der Waals surface area contributed by atoms with Gasteiger partial charge in [0.15, 0.2) is 0 Å². The number of nitrogens with zero attached hydrogens (tertiary/aromatic N) is 1. The molecule has 3 N–H and O–H groups in total. The van der Waals surface area contributed by atoms with E-state index in [-0.39, 0.29) is 5.75 Å². The van der Waals surface area contributed by atoms with Crippen molar-refractivity contribution >= 4 is 21.8 Å². The third-order valence-electron chi connectivity index (χ3n) is 3.22. The molecule has 0 radical (unpaired) electrons. The van der Waals surface area contributed by atoms with Crippen LogP contribution in [0.25, 0.3) is 0 Å². The van der Waals surface area contributed by atoms with E-state index in [1.165, 1.54) is 0 Å². The van der Waals surface area contributed by atoms with E-state index in [9.17, 15) is 9.90 Å². The Hall–Kier alpha value is -1.85. The lowest BCUT2D eigenvalue weighted by atomic mass is 10.0. The van der Waals surface area contributed by atoms with Gasteiger partial charge in [-0.1, -0.05) is 40.2 Å². The van der Waals surface area contributed by atoms with Gasteiger partial charge in [-0.05, 0) is 42.4 Å². The van der Waals surface area contributed by atoms with Gasteiger partial charge in [0.05, 0.1) is 0 Å². The Balaban J connectivity index is 2.24. The Morgan fingerprint density at radius 3 is 2.62 bits per heavy atom. The first-order valence-corrected chi connectivity index (χ1v) is 7.29. The van der Waals surface area contributed by atoms with Crippen LogP contribution in [0.5, 0.6) is 5.75 Å². The molecule has 0 heterocycles. The lowest BCUT2D eigenvalue weighted by molar-refractivity contribution is -0.123. The van der Waals surface area contributed by atoms with Crippen LogP contribution in [0.4, 0.5) is 0 Å². The fraction of sp³-hybridized carbons (Fsp3) is 0.188. The van der Waals surface area contributed by atoms with Crippen LogP contribution in [-0.4, -0.2) is 23.0 Å². The zero-order chi connectivity index (χ0) is 15.4. The molecule has 0 saturated carbocycles. The second-order valence-corrected chi connectivity index (χ2v) is 5.86. The fourth-order valence-electron chi connectivity index (χ4n) is 2.35. The van der Waals surface area contributed by atoms with E-state index in [0.29, 0.717) is 6.54 Å². The van der Waals surface area contributed by atoms with Crippen molar-refractivity contribution in [1.29, 1.82) is 0 Å². The molecule has 0 aliphatic heterocycles. The zero-order valence-electron chi connectivity index (χ0n) is 11.7. The number of hydrogen-bond acceptors (Lipinski definition) is 3. The summed E-state index contributed by atoms with van der Waals surface area (Å²) in [5, 5.41) is 9.51. The Morgan fingerprint density at radius 2 is 2.00 bits per heavy atom. The second kappa shape index (κ2) is 6.74. The number of phenols is 1. The number of phenolic OH excluding ortho intramolecular Hbond substituents is 1. The van der Waals surface area contributed by atoms with Gasteiger partial charge in [-0.15, -0.1) is 0 Å². The van der Waals surface area contributed by atoms with Gasteiger partial charge in [0.1, 0.15) is 11.8 Å². The normalized spacial score (nSPS) is 12.3. The molecule has 2 aromatic rings.